The van der Waals surface area contributed by atoms with E-state index in [9.17, 15) is 18.3 Å². The number of nitrogens with zero attached hydrogens (tertiary/aromatic N) is 1. The summed E-state index contributed by atoms with van der Waals surface area (Å²) in [5, 5.41) is 17.6. The number of rotatable bonds is 3. The lowest BCUT2D eigenvalue weighted by Gasteiger charge is -2.00. The number of nitrogens with one attached hydrogen (secondary N) is 1. The quantitative estimate of drug-likeness (QED) is 0.616. The van der Waals surface area contributed by atoms with E-state index >= 15 is 0 Å². The van der Waals surface area contributed by atoms with Gasteiger partial charge in [-0.3, -0.25) is 4.79 Å². The number of benzene rings is 2. The Bertz CT molecular complexity index is 1050. The van der Waals surface area contributed by atoms with Gasteiger partial charge in [0.15, 0.2) is 5.17 Å². The van der Waals surface area contributed by atoms with Gasteiger partial charge in [0.1, 0.15) is 5.75 Å². The highest BCUT2D eigenvalue weighted by Gasteiger charge is 2.24. The number of sulfonamides is 1. The predicted octanol–water partition coefficient (Wildman–Crippen LogP) is 2.69. The van der Waals surface area contributed by atoms with Crippen LogP contribution in [0.4, 0.5) is 5.69 Å². The van der Waals surface area contributed by atoms with Crippen LogP contribution in [0.3, 0.4) is 0 Å². The molecule has 1 fully saturated rings. The molecule has 0 atom stereocenters. The fraction of sp³-hybridized carbons (Fsp3) is 0. The Morgan fingerprint density at radius 2 is 1.88 bits per heavy atom. The minimum absolute atomic E-state index is 0.0149. The zero-order valence-electron chi connectivity index (χ0n) is 13.0. The Balaban J connectivity index is 1.84. The second-order valence-corrected chi connectivity index (χ2v) is 8.67. The van der Waals surface area contributed by atoms with Gasteiger partial charge in [0.05, 0.1) is 15.5 Å². The van der Waals surface area contributed by atoms with E-state index in [4.69, 9.17) is 5.14 Å². The Morgan fingerprint density at radius 3 is 2.54 bits per heavy atom. The summed E-state index contributed by atoms with van der Waals surface area (Å²) in [4.78, 5) is 16.8. The van der Waals surface area contributed by atoms with Crippen molar-refractivity contribution in [3.8, 4) is 5.75 Å². The van der Waals surface area contributed by atoms with Gasteiger partial charge in [0, 0.05) is 4.47 Å². The number of hydrogen-bond acceptors (Lipinski definition) is 6. The molecule has 1 saturated heterocycles. The molecule has 2 aromatic carbocycles. The number of phenols is 1. The third-order valence-electron chi connectivity index (χ3n) is 3.31. The fourth-order valence-corrected chi connectivity index (χ4v) is 3.80. The van der Waals surface area contributed by atoms with Gasteiger partial charge in [0.2, 0.25) is 10.0 Å². The number of carbonyl (C=O) groups excluding carboxylic acids is 1. The summed E-state index contributed by atoms with van der Waals surface area (Å²) in [6.07, 6.45) is 1.64. The van der Waals surface area contributed by atoms with Gasteiger partial charge in [0.25, 0.3) is 5.91 Å². The Morgan fingerprint density at radius 1 is 1.19 bits per heavy atom. The molecule has 0 saturated carbocycles. The van der Waals surface area contributed by atoms with Crippen LogP contribution in [-0.2, 0) is 14.8 Å². The number of phenolic OH excluding ortho intramolecular Hbond substituents is 1. The fourth-order valence-electron chi connectivity index (χ4n) is 2.09. The first-order valence-corrected chi connectivity index (χ1v) is 10.3. The molecule has 4 N–H and O–H groups in total. The summed E-state index contributed by atoms with van der Waals surface area (Å²) < 4.78 is 23.2. The molecule has 2 aromatic rings. The second-order valence-electron chi connectivity index (χ2n) is 5.23. The molecule has 0 unspecified atom stereocenters. The number of halogens is 1. The molecule has 0 aromatic heterocycles. The highest BCUT2D eigenvalue weighted by Crippen LogP contribution is 2.31. The number of thioether (sulfide) groups is 1. The number of aliphatic imine (C=N–C) groups is 1. The summed E-state index contributed by atoms with van der Waals surface area (Å²) in [5.74, 6) is -0.225. The van der Waals surface area contributed by atoms with Gasteiger partial charge >= 0.3 is 0 Å². The van der Waals surface area contributed by atoms with E-state index in [1.807, 2.05) is 0 Å². The molecule has 26 heavy (non-hydrogen) atoms. The van der Waals surface area contributed by atoms with Crippen LogP contribution in [0, 0.1) is 0 Å². The van der Waals surface area contributed by atoms with Gasteiger partial charge in [-0.25, -0.2) is 18.5 Å². The summed E-state index contributed by atoms with van der Waals surface area (Å²) in [5.41, 5.74) is 1.13. The lowest BCUT2D eigenvalue weighted by molar-refractivity contribution is -0.115. The molecule has 1 aliphatic heterocycles. The van der Waals surface area contributed by atoms with Gasteiger partial charge in [-0.1, -0.05) is 15.9 Å². The smallest absolute Gasteiger partial charge is 0.264 e. The predicted molar refractivity (Wildman–Crippen MR) is 104 cm³/mol. The molecule has 1 aliphatic rings. The lowest BCUT2D eigenvalue weighted by Crippen LogP contribution is -2.19. The third-order valence-corrected chi connectivity index (χ3v) is 5.87. The van der Waals surface area contributed by atoms with Crippen molar-refractivity contribution in [1.82, 2.24) is 5.32 Å². The maximum absolute atomic E-state index is 12.1. The summed E-state index contributed by atoms with van der Waals surface area (Å²) >= 11 is 4.50. The van der Waals surface area contributed by atoms with Crippen molar-refractivity contribution in [2.75, 3.05) is 0 Å². The molecule has 0 bridgehead atoms. The second kappa shape index (κ2) is 7.23. The monoisotopic (exact) mass is 453 g/mol. The van der Waals surface area contributed by atoms with Gasteiger partial charge in [-0.2, -0.15) is 0 Å². The van der Waals surface area contributed by atoms with Crippen LogP contribution in [-0.4, -0.2) is 24.6 Å². The summed E-state index contributed by atoms with van der Waals surface area (Å²) in [7, 11) is -3.76. The van der Waals surface area contributed by atoms with Crippen molar-refractivity contribution < 1.29 is 18.3 Å². The van der Waals surface area contributed by atoms with E-state index in [-0.39, 0.29) is 16.6 Å². The van der Waals surface area contributed by atoms with Crippen LogP contribution in [0.1, 0.15) is 5.56 Å². The molecular weight excluding hydrogens is 442 g/mol. The van der Waals surface area contributed by atoms with Crippen molar-refractivity contribution in [3.05, 3.63) is 57.4 Å². The first kappa shape index (κ1) is 18.6. The summed E-state index contributed by atoms with van der Waals surface area (Å²) in [6.45, 7) is 0. The lowest BCUT2D eigenvalue weighted by atomic mass is 10.2. The SMILES string of the molecule is NS(=O)(=O)c1ccc(N=C2NC(=O)C(=Cc3cc(O)ccc3Br)S2)cc1. The Kier molecular flexibility index (Phi) is 5.19. The summed E-state index contributed by atoms with van der Waals surface area (Å²) in [6, 6.07) is 10.4. The maximum atomic E-state index is 12.1. The first-order valence-electron chi connectivity index (χ1n) is 7.13. The number of hydrogen-bond donors (Lipinski definition) is 3. The molecule has 7 nitrogen and oxygen atoms in total. The number of carbonyl (C=O) groups is 1. The average molecular weight is 454 g/mol. The minimum atomic E-state index is -3.76. The Labute approximate surface area is 162 Å². The molecule has 1 heterocycles. The van der Waals surface area contributed by atoms with Crippen LogP contribution in [0.25, 0.3) is 6.08 Å². The number of amidine groups is 1. The van der Waals surface area contributed by atoms with Crippen molar-refractivity contribution in [3.63, 3.8) is 0 Å². The van der Waals surface area contributed by atoms with Crippen molar-refractivity contribution in [2.24, 2.45) is 10.1 Å². The van der Waals surface area contributed by atoms with E-state index in [1.54, 1.807) is 12.1 Å². The molecule has 3 rings (SSSR count). The number of primary sulfonamides is 1. The number of nitrogens with two attached hydrogens (primary N) is 1. The van der Waals surface area contributed by atoms with Crippen LogP contribution in [0.5, 0.6) is 5.75 Å². The minimum Gasteiger partial charge on any atom is -0.508 e. The number of aromatic hydroxyl groups is 1. The van der Waals surface area contributed by atoms with Crippen molar-refractivity contribution in [1.29, 1.82) is 0 Å². The topological polar surface area (TPSA) is 122 Å². The maximum Gasteiger partial charge on any atom is 0.264 e. The molecule has 0 aliphatic carbocycles. The van der Waals surface area contributed by atoms with E-state index in [0.717, 1.165) is 16.2 Å². The molecule has 134 valence electrons. The molecule has 10 heteroatoms. The largest absolute Gasteiger partial charge is 0.508 e. The van der Waals surface area contributed by atoms with E-state index in [0.29, 0.717) is 21.3 Å². The zero-order valence-corrected chi connectivity index (χ0v) is 16.2. The van der Waals surface area contributed by atoms with Crippen LogP contribution >= 0.6 is 27.7 Å². The van der Waals surface area contributed by atoms with E-state index < -0.39 is 10.0 Å². The van der Waals surface area contributed by atoms with E-state index in [2.05, 4.69) is 26.2 Å². The van der Waals surface area contributed by atoms with E-state index in [1.165, 1.54) is 36.4 Å². The highest BCUT2D eigenvalue weighted by atomic mass is 79.9. The molecule has 0 spiro atoms. The van der Waals surface area contributed by atoms with Gasteiger partial charge in [-0.15, -0.1) is 0 Å². The third kappa shape index (κ3) is 4.33. The van der Waals surface area contributed by atoms with Crippen LogP contribution in [0.2, 0.25) is 0 Å². The van der Waals surface area contributed by atoms with Crippen molar-refractivity contribution in [2.45, 2.75) is 4.90 Å². The zero-order chi connectivity index (χ0) is 18.9. The van der Waals surface area contributed by atoms with Crippen LogP contribution < -0.4 is 10.5 Å². The molecule has 1 amide bonds. The molecule has 0 radical (unpaired) electrons. The molecular formula is C16H12BrN3O4S2. The normalized spacial score (nSPS) is 17.7. The van der Waals surface area contributed by atoms with Gasteiger partial charge in [-0.05, 0) is 65.9 Å². The van der Waals surface area contributed by atoms with Crippen molar-refractivity contribution >= 4 is 60.6 Å². The standard InChI is InChI=1S/C16H12BrN3O4S2/c17-13-6-3-11(21)7-9(13)8-14-15(22)20-16(25-14)19-10-1-4-12(5-2-10)26(18,23)24/h1-8,21H,(H2,18,23,24)(H,19,20,22). The average Bonchev–Trinajstić information content (AvgIpc) is 2.90. The Hall–Kier alpha value is -2.14. The number of amides is 1. The van der Waals surface area contributed by atoms with Gasteiger partial charge < -0.3 is 10.4 Å². The highest BCUT2D eigenvalue weighted by molar-refractivity contribution is 9.10. The first-order chi connectivity index (χ1) is 12.2. The van der Waals surface area contributed by atoms with Crippen LogP contribution in [0.15, 0.2) is 61.7 Å².